The molecule has 1 fully saturated rings. The molecule has 0 aliphatic carbocycles. The zero-order valence-electron chi connectivity index (χ0n) is 10.5. The molecule has 0 bridgehead atoms. The Balaban J connectivity index is 1.54. The predicted molar refractivity (Wildman–Crippen MR) is 70.5 cm³/mol. The molecule has 1 amide bonds. The summed E-state index contributed by atoms with van der Waals surface area (Å²) in [6, 6.07) is 9.72. The molecule has 4 heteroatoms. The lowest BCUT2D eigenvalue weighted by atomic mass is 10.1. The summed E-state index contributed by atoms with van der Waals surface area (Å²) in [6.45, 7) is 3.08. The van der Waals surface area contributed by atoms with Gasteiger partial charge in [-0.1, -0.05) is 18.2 Å². The van der Waals surface area contributed by atoms with Gasteiger partial charge in [-0.15, -0.1) is 0 Å². The summed E-state index contributed by atoms with van der Waals surface area (Å²) < 4.78 is 5.55. The maximum Gasteiger partial charge on any atom is 0.224 e. The minimum Gasteiger partial charge on any atom is -0.494 e. The van der Waals surface area contributed by atoms with Crippen molar-refractivity contribution in [3.05, 3.63) is 30.3 Å². The van der Waals surface area contributed by atoms with Crippen LogP contribution in [0, 0.1) is 5.92 Å². The van der Waals surface area contributed by atoms with Crippen LogP contribution >= 0.6 is 0 Å². The average molecular weight is 248 g/mol. The van der Waals surface area contributed by atoms with E-state index in [0.717, 1.165) is 31.7 Å². The second kappa shape index (κ2) is 7.01. The number of amides is 1. The molecule has 2 N–H and O–H groups in total. The van der Waals surface area contributed by atoms with Crippen molar-refractivity contribution in [2.45, 2.75) is 12.8 Å². The minimum absolute atomic E-state index is 0.153. The van der Waals surface area contributed by atoms with E-state index in [4.69, 9.17) is 4.74 Å². The summed E-state index contributed by atoms with van der Waals surface area (Å²) in [4.78, 5) is 11.7. The standard InChI is InChI=1S/C14H20N2O2/c17-14(12-7-9-15-11-12)16-8-4-10-18-13-5-2-1-3-6-13/h1-3,5-6,12,15H,4,7-11H2,(H,16,17). The number of benzene rings is 1. The van der Waals surface area contributed by atoms with Crippen LogP contribution in [0.5, 0.6) is 5.75 Å². The Hall–Kier alpha value is -1.55. The summed E-state index contributed by atoms with van der Waals surface area (Å²) in [6.07, 6.45) is 1.78. The minimum atomic E-state index is 0.153. The van der Waals surface area contributed by atoms with Crippen molar-refractivity contribution in [3.63, 3.8) is 0 Å². The summed E-state index contributed by atoms with van der Waals surface area (Å²) in [5.41, 5.74) is 0. The van der Waals surface area contributed by atoms with E-state index in [1.807, 2.05) is 30.3 Å². The first-order valence-corrected chi connectivity index (χ1v) is 6.52. The summed E-state index contributed by atoms with van der Waals surface area (Å²) in [7, 11) is 0. The molecular formula is C14H20N2O2. The quantitative estimate of drug-likeness (QED) is 0.743. The van der Waals surface area contributed by atoms with Crippen LogP contribution in [-0.4, -0.2) is 32.1 Å². The normalized spacial score (nSPS) is 18.6. The fraction of sp³-hybridized carbons (Fsp3) is 0.500. The smallest absolute Gasteiger partial charge is 0.224 e. The Labute approximate surface area is 108 Å². The van der Waals surface area contributed by atoms with Crippen LogP contribution in [0.25, 0.3) is 0 Å². The molecule has 0 aromatic heterocycles. The number of ether oxygens (including phenoxy) is 1. The van der Waals surface area contributed by atoms with Crippen LogP contribution in [0.4, 0.5) is 0 Å². The van der Waals surface area contributed by atoms with Crippen molar-refractivity contribution < 1.29 is 9.53 Å². The Morgan fingerprint density at radius 1 is 1.39 bits per heavy atom. The van der Waals surface area contributed by atoms with Gasteiger partial charge >= 0.3 is 0 Å². The Morgan fingerprint density at radius 2 is 2.22 bits per heavy atom. The van der Waals surface area contributed by atoms with Gasteiger partial charge < -0.3 is 15.4 Å². The number of hydrogen-bond acceptors (Lipinski definition) is 3. The number of carbonyl (C=O) groups excluding carboxylic acids is 1. The van der Waals surface area contributed by atoms with E-state index in [1.165, 1.54) is 0 Å². The summed E-state index contributed by atoms with van der Waals surface area (Å²) >= 11 is 0. The van der Waals surface area contributed by atoms with Gasteiger partial charge in [0.05, 0.1) is 12.5 Å². The van der Waals surface area contributed by atoms with Crippen LogP contribution < -0.4 is 15.4 Å². The molecule has 1 saturated heterocycles. The van der Waals surface area contributed by atoms with Crippen molar-refractivity contribution >= 4 is 5.91 Å². The maximum atomic E-state index is 11.7. The van der Waals surface area contributed by atoms with E-state index >= 15 is 0 Å². The molecule has 1 atom stereocenters. The molecule has 2 rings (SSSR count). The first-order chi connectivity index (χ1) is 8.86. The van der Waals surface area contributed by atoms with E-state index in [-0.39, 0.29) is 11.8 Å². The van der Waals surface area contributed by atoms with Crippen LogP contribution in [0.2, 0.25) is 0 Å². The van der Waals surface area contributed by atoms with Crippen molar-refractivity contribution in [1.82, 2.24) is 10.6 Å². The number of hydrogen-bond donors (Lipinski definition) is 2. The molecule has 1 aromatic carbocycles. The second-order valence-electron chi connectivity index (χ2n) is 4.50. The van der Waals surface area contributed by atoms with Gasteiger partial charge in [0, 0.05) is 13.1 Å². The molecule has 0 radical (unpaired) electrons. The topological polar surface area (TPSA) is 50.4 Å². The highest BCUT2D eigenvalue weighted by Crippen LogP contribution is 2.08. The third-order valence-corrected chi connectivity index (χ3v) is 3.06. The highest BCUT2D eigenvalue weighted by molar-refractivity contribution is 5.79. The highest BCUT2D eigenvalue weighted by atomic mass is 16.5. The van der Waals surface area contributed by atoms with Gasteiger partial charge in [-0.05, 0) is 31.5 Å². The average Bonchev–Trinajstić information content (AvgIpc) is 2.93. The molecule has 1 aliphatic rings. The third kappa shape index (κ3) is 4.04. The number of rotatable bonds is 6. The van der Waals surface area contributed by atoms with Crippen molar-refractivity contribution in [2.24, 2.45) is 5.92 Å². The van der Waals surface area contributed by atoms with E-state index in [0.29, 0.717) is 13.2 Å². The van der Waals surface area contributed by atoms with Gasteiger partial charge in [0.15, 0.2) is 0 Å². The molecule has 18 heavy (non-hydrogen) atoms. The number of para-hydroxylation sites is 1. The molecule has 98 valence electrons. The Bertz CT molecular complexity index is 361. The van der Waals surface area contributed by atoms with E-state index < -0.39 is 0 Å². The largest absolute Gasteiger partial charge is 0.494 e. The van der Waals surface area contributed by atoms with Crippen molar-refractivity contribution in [3.8, 4) is 5.75 Å². The lowest BCUT2D eigenvalue weighted by Gasteiger charge is -2.10. The fourth-order valence-electron chi connectivity index (χ4n) is 2.01. The van der Waals surface area contributed by atoms with Gasteiger partial charge in [0.2, 0.25) is 5.91 Å². The number of nitrogens with one attached hydrogen (secondary N) is 2. The van der Waals surface area contributed by atoms with Gasteiger partial charge in [-0.25, -0.2) is 0 Å². The van der Waals surface area contributed by atoms with Crippen LogP contribution in [0.1, 0.15) is 12.8 Å². The zero-order valence-corrected chi connectivity index (χ0v) is 10.5. The molecule has 0 saturated carbocycles. The van der Waals surface area contributed by atoms with Gasteiger partial charge in [-0.3, -0.25) is 4.79 Å². The van der Waals surface area contributed by atoms with E-state index in [1.54, 1.807) is 0 Å². The van der Waals surface area contributed by atoms with E-state index in [9.17, 15) is 4.79 Å². The monoisotopic (exact) mass is 248 g/mol. The second-order valence-corrected chi connectivity index (χ2v) is 4.50. The molecule has 0 spiro atoms. The van der Waals surface area contributed by atoms with Crippen LogP contribution in [0.15, 0.2) is 30.3 Å². The molecule has 4 nitrogen and oxygen atoms in total. The lowest BCUT2D eigenvalue weighted by Crippen LogP contribution is -2.33. The van der Waals surface area contributed by atoms with Crippen molar-refractivity contribution in [1.29, 1.82) is 0 Å². The first kappa shape index (κ1) is 12.9. The molecule has 1 aromatic rings. The van der Waals surface area contributed by atoms with Crippen molar-refractivity contribution in [2.75, 3.05) is 26.2 Å². The molecule has 1 aliphatic heterocycles. The molecular weight excluding hydrogens is 228 g/mol. The first-order valence-electron chi connectivity index (χ1n) is 6.52. The summed E-state index contributed by atoms with van der Waals surface area (Å²) in [5, 5.41) is 6.14. The lowest BCUT2D eigenvalue weighted by molar-refractivity contribution is -0.124. The van der Waals surface area contributed by atoms with Gasteiger partial charge in [-0.2, -0.15) is 0 Å². The highest BCUT2D eigenvalue weighted by Gasteiger charge is 2.21. The maximum absolute atomic E-state index is 11.7. The Kier molecular flexibility index (Phi) is 5.02. The zero-order chi connectivity index (χ0) is 12.6. The van der Waals surface area contributed by atoms with E-state index in [2.05, 4.69) is 10.6 Å². The Morgan fingerprint density at radius 3 is 2.94 bits per heavy atom. The third-order valence-electron chi connectivity index (χ3n) is 3.06. The van der Waals surface area contributed by atoms with Gasteiger partial charge in [0.1, 0.15) is 5.75 Å². The summed E-state index contributed by atoms with van der Waals surface area (Å²) in [5.74, 6) is 1.20. The number of carbonyl (C=O) groups is 1. The molecule has 1 heterocycles. The predicted octanol–water partition coefficient (Wildman–Crippen LogP) is 1.18. The van der Waals surface area contributed by atoms with Gasteiger partial charge in [0.25, 0.3) is 0 Å². The fourth-order valence-corrected chi connectivity index (χ4v) is 2.01. The molecule has 1 unspecified atom stereocenters. The van der Waals surface area contributed by atoms with Crippen LogP contribution in [-0.2, 0) is 4.79 Å². The SMILES string of the molecule is O=C(NCCCOc1ccccc1)C1CCNC1. The van der Waals surface area contributed by atoms with Crippen LogP contribution in [0.3, 0.4) is 0 Å².